The molecule has 7 nitrogen and oxygen atoms in total. The molecule has 0 atom stereocenters. The number of nitrogens with one attached hydrogen (secondary N) is 1. The zero-order valence-corrected chi connectivity index (χ0v) is 17.7. The van der Waals surface area contributed by atoms with E-state index >= 15 is 0 Å². The van der Waals surface area contributed by atoms with Crippen molar-refractivity contribution in [1.29, 1.82) is 5.26 Å². The molecule has 10 heteroatoms. The van der Waals surface area contributed by atoms with Gasteiger partial charge in [0, 0.05) is 23.3 Å². The first-order valence-corrected chi connectivity index (χ1v) is 11.4. The summed E-state index contributed by atoms with van der Waals surface area (Å²) in [6.45, 7) is -0.419. The highest BCUT2D eigenvalue weighted by atomic mass is 32.2. The Hall–Kier alpha value is -2.90. The number of aryl methyl sites for hydroxylation is 1. The van der Waals surface area contributed by atoms with E-state index in [1.165, 1.54) is 12.1 Å². The average Bonchev–Trinajstić information content (AvgIpc) is 3.04. The highest BCUT2D eigenvalue weighted by Gasteiger charge is 2.29. The van der Waals surface area contributed by atoms with E-state index in [-0.39, 0.29) is 10.9 Å². The van der Waals surface area contributed by atoms with Crippen molar-refractivity contribution in [2.45, 2.75) is 43.2 Å². The summed E-state index contributed by atoms with van der Waals surface area (Å²) < 4.78 is 54.3. The third kappa shape index (κ3) is 3.79. The SMILES string of the molecule is Cc1ccc2c(C#N)c(-c3ccc(S(=O)(=O)NC(CF)CF)cn3)n(C3CCC3)c2n1. The molecule has 1 saturated carbocycles. The molecule has 0 saturated heterocycles. The van der Waals surface area contributed by atoms with E-state index < -0.39 is 29.4 Å². The number of rotatable bonds is 7. The number of nitriles is 1. The number of sulfonamides is 1. The van der Waals surface area contributed by atoms with Crippen molar-refractivity contribution >= 4 is 21.1 Å². The van der Waals surface area contributed by atoms with E-state index in [0.717, 1.165) is 36.5 Å². The maximum Gasteiger partial charge on any atom is 0.242 e. The molecule has 0 amide bonds. The molecule has 1 aliphatic carbocycles. The molecule has 1 fully saturated rings. The molecule has 0 aromatic carbocycles. The van der Waals surface area contributed by atoms with Crippen LogP contribution in [0.4, 0.5) is 8.78 Å². The van der Waals surface area contributed by atoms with E-state index in [1.54, 1.807) is 0 Å². The summed E-state index contributed by atoms with van der Waals surface area (Å²) in [5, 5.41) is 10.6. The van der Waals surface area contributed by atoms with Crippen LogP contribution >= 0.6 is 0 Å². The zero-order chi connectivity index (χ0) is 22.2. The van der Waals surface area contributed by atoms with Crippen LogP contribution in [-0.2, 0) is 10.0 Å². The van der Waals surface area contributed by atoms with Crippen LogP contribution in [0.5, 0.6) is 0 Å². The molecule has 3 aromatic heterocycles. The van der Waals surface area contributed by atoms with Gasteiger partial charge in [-0.25, -0.2) is 26.9 Å². The van der Waals surface area contributed by atoms with Gasteiger partial charge in [-0.05, 0) is 50.5 Å². The van der Waals surface area contributed by atoms with Gasteiger partial charge in [-0.3, -0.25) is 4.98 Å². The van der Waals surface area contributed by atoms with Gasteiger partial charge in [-0.1, -0.05) is 0 Å². The van der Waals surface area contributed by atoms with Crippen LogP contribution in [0, 0.1) is 18.3 Å². The fraction of sp³-hybridized carbons (Fsp3) is 0.381. The topological polar surface area (TPSA) is 101 Å². The second-order valence-electron chi connectivity index (χ2n) is 7.62. The van der Waals surface area contributed by atoms with Crippen LogP contribution in [0.3, 0.4) is 0 Å². The van der Waals surface area contributed by atoms with Crippen LogP contribution in [-0.4, -0.2) is 42.3 Å². The average molecular weight is 445 g/mol. The molecule has 3 heterocycles. The number of hydrogen-bond acceptors (Lipinski definition) is 5. The molecule has 0 bridgehead atoms. The predicted octanol–water partition coefficient (Wildman–Crippen LogP) is 3.59. The van der Waals surface area contributed by atoms with E-state index in [4.69, 9.17) is 0 Å². The summed E-state index contributed by atoms with van der Waals surface area (Å²) in [5.74, 6) is 0. The third-order valence-corrected chi connectivity index (χ3v) is 7.03. The van der Waals surface area contributed by atoms with Crippen molar-refractivity contribution in [3.05, 3.63) is 41.7 Å². The van der Waals surface area contributed by atoms with Crippen molar-refractivity contribution in [3.8, 4) is 17.5 Å². The summed E-state index contributed by atoms with van der Waals surface area (Å²) in [7, 11) is -4.13. The zero-order valence-electron chi connectivity index (χ0n) is 16.8. The molecule has 3 aromatic rings. The summed E-state index contributed by atoms with van der Waals surface area (Å²) in [6.07, 6.45) is 4.13. The molecular formula is C21H21F2N5O2S. The Morgan fingerprint density at radius 3 is 2.55 bits per heavy atom. The Morgan fingerprint density at radius 2 is 2.00 bits per heavy atom. The molecule has 162 valence electrons. The Kier molecular flexibility index (Phi) is 5.73. The number of nitrogens with zero attached hydrogens (tertiary/aromatic N) is 4. The standard InChI is InChI=1S/C21H21F2N5O2S/c1-13-5-7-17-18(11-24)20(28(21(17)26-13)15-3-2-4-15)19-8-6-16(12-25-19)31(29,30)27-14(9-22)10-23/h5-8,12,14-15,27H,2-4,9-10H2,1H3. The fourth-order valence-electron chi connectivity index (χ4n) is 3.71. The van der Waals surface area contributed by atoms with E-state index in [2.05, 4.69) is 16.0 Å². The second-order valence-corrected chi connectivity index (χ2v) is 9.33. The summed E-state index contributed by atoms with van der Waals surface area (Å²) in [4.78, 5) is 8.74. The number of fused-ring (bicyclic) bond motifs is 1. The van der Waals surface area contributed by atoms with Crippen LogP contribution in [0.1, 0.15) is 36.6 Å². The lowest BCUT2D eigenvalue weighted by molar-refractivity contribution is 0.322. The smallest absolute Gasteiger partial charge is 0.242 e. The van der Waals surface area contributed by atoms with Gasteiger partial charge in [-0.2, -0.15) is 5.26 Å². The first-order chi connectivity index (χ1) is 14.9. The molecule has 0 unspecified atom stereocenters. The molecular weight excluding hydrogens is 424 g/mol. The van der Waals surface area contributed by atoms with Gasteiger partial charge in [0.25, 0.3) is 0 Å². The van der Waals surface area contributed by atoms with Crippen molar-refractivity contribution in [1.82, 2.24) is 19.3 Å². The quantitative estimate of drug-likeness (QED) is 0.599. The number of halogens is 2. The summed E-state index contributed by atoms with van der Waals surface area (Å²) >= 11 is 0. The fourth-order valence-corrected chi connectivity index (χ4v) is 4.85. The minimum Gasteiger partial charge on any atom is -0.320 e. The number of pyridine rings is 2. The predicted molar refractivity (Wildman–Crippen MR) is 111 cm³/mol. The van der Waals surface area contributed by atoms with Gasteiger partial charge in [0.2, 0.25) is 10.0 Å². The monoisotopic (exact) mass is 445 g/mol. The van der Waals surface area contributed by atoms with Gasteiger partial charge in [0.15, 0.2) is 0 Å². The molecule has 1 N–H and O–H groups in total. The summed E-state index contributed by atoms with van der Waals surface area (Å²) in [5.41, 5.74) is 3.02. The molecule has 31 heavy (non-hydrogen) atoms. The highest BCUT2D eigenvalue weighted by Crippen LogP contribution is 2.41. The minimum atomic E-state index is -4.13. The maximum absolute atomic E-state index is 12.7. The third-order valence-electron chi connectivity index (χ3n) is 5.52. The van der Waals surface area contributed by atoms with Crippen molar-refractivity contribution in [2.75, 3.05) is 13.3 Å². The first kappa shape index (κ1) is 21.3. The molecule has 4 rings (SSSR count). The second kappa shape index (κ2) is 8.32. The van der Waals surface area contributed by atoms with E-state index in [0.29, 0.717) is 22.6 Å². The molecule has 0 aliphatic heterocycles. The lowest BCUT2D eigenvalue weighted by Crippen LogP contribution is -2.37. The minimum absolute atomic E-state index is 0.190. The van der Waals surface area contributed by atoms with Crippen LogP contribution in [0.2, 0.25) is 0 Å². The maximum atomic E-state index is 12.7. The number of aromatic nitrogens is 3. The lowest BCUT2D eigenvalue weighted by Gasteiger charge is -2.29. The van der Waals surface area contributed by atoms with E-state index in [1.807, 2.05) is 28.3 Å². The first-order valence-electron chi connectivity index (χ1n) is 9.92. The largest absolute Gasteiger partial charge is 0.320 e. The van der Waals surface area contributed by atoms with Gasteiger partial charge < -0.3 is 4.57 Å². The Labute approximate surface area is 178 Å². The Balaban J connectivity index is 1.82. The van der Waals surface area contributed by atoms with Crippen molar-refractivity contribution in [3.63, 3.8) is 0 Å². The normalized spacial score (nSPS) is 14.7. The van der Waals surface area contributed by atoms with Gasteiger partial charge in [0.1, 0.15) is 30.0 Å². The van der Waals surface area contributed by atoms with Gasteiger partial charge >= 0.3 is 0 Å². The van der Waals surface area contributed by atoms with E-state index in [9.17, 15) is 22.5 Å². The molecule has 1 aliphatic rings. The van der Waals surface area contributed by atoms with Crippen molar-refractivity contribution in [2.24, 2.45) is 0 Å². The summed E-state index contributed by atoms with van der Waals surface area (Å²) in [6, 6.07) is 7.54. The Morgan fingerprint density at radius 1 is 1.26 bits per heavy atom. The molecule has 0 spiro atoms. The van der Waals surface area contributed by atoms with Crippen LogP contribution < -0.4 is 4.72 Å². The number of hydrogen-bond donors (Lipinski definition) is 1. The lowest BCUT2D eigenvalue weighted by atomic mass is 9.92. The van der Waals surface area contributed by atoms with Gasteiger partial charge in [0.05, 0.1) is 23.0 Å². The van der Waals surface area contributed by atoms with Crippen molar-refractivity contribution < 1.29 is 17.2 Å². The van der Waals surface area contributed by atoms with Crippen LogP contribution in [0.15, 0.2) is 35.4 Å². The number of alkyl halides is 2. The van der Waals surface area contributed by atoms with Gasteiger partial charge in [-0.15, -0.1) is 0 Å². The molecule has 0 radical (unpaired) electrons. The highest BCUT2D eigenvalue weighted by molar-refractivity contribution is 7.89. The Bertz CT molecular complexity index is 1260. The van der Waals surface area contributed by atoms with Crippen LogP contribution in [0.25, 0.3) is 22.4 Å².